The lowest BCUT2D eigenvalue weighted by molar-refractivity contribution is 1.11. The molecule has 52 valence electrons. The number of thiazole rings is 1. The summed E-state index contributed by atoms with van der Waals surface area (Å²) in [5.74, 6) is 0. The Balaban J connectivity index is 2.87. The van der Waals surface area contributed by atoms with Gasteiger partial charge in [-0.05, 0) is 6.92 Å². The molecule has 1 rings (SSSR count). The van der Waals surface area contributed by atoms with Crippen molar-refractivity contribution < 1.29 is 0 Å². The van der Waals surface area contributed by atoms with Crippen molar-refractivity contribution in [3.8, 4) is 6.07 Å². The third-order valence-corrected chi connectivity index (χ3v) is 2.48. The van der Waals surface area contributed by atoms with Crippen molar-refractivity contribution >= 4 is 27.3 Å². The van der Waals surface area contributed by atoms with E-state index in [-0.39, 0.29) is 4.83 Å². The quantitative estimate of drug-likeness (QED) is 0.677. The Bertz CT molecular complexity index is 263. The predicted molar refractivity (Wildman–Crippen MR) is 44.1 cm³/mol. The second-order valence-corrected chi connectivity index (χ2v) is 3.76. The lowest BCUT2D eigenvalue weighted by atomic mass is 10.4. The molecule has 1 aromatic heterocycles. The van der Waals surface area contributed by atoms with Crippen LogP contribution < -0.4 is 0 Å². The summed E-state index contributed by atoms with van der Waals surface area (Å²) in [5.41, 5.74) is 0.810. The molecule has 0 saturated carbocycles. The first-order valence-corrected chi connectivity index (χ1v) is 4.49. The minimum atomic E-state index is -0.252. The van der Waals surface area contributed by atoms with E-state index in [9.17, 15) is 0 Å². The van der Waals surface area contributed by atoms with Gasteiger partial charge in [-0.3, -0.25) is 0 Å². The molecule has 0 fully saturated rings. The van der Waals surface area contributed by atoms with Gasteiger partial charge in [0.15, 0.2) is 0 Å². The van der Waals surface area contributed by atoms with E-state index in [2.05, 4.69) is 27.0 Å². The van der Waals surface area contributed by atoms with Crippen LogP contribution in [0.25, 0.3) is 0 Å². The molecule has 0 saturated heterocycles. The van der Waals surface area contributed by atoms with Crippen LogP contribution in [0, 0.1) is 18.3 Å². The molecule has 10 heavy (non-hydrogen) atoms. The maximum atomic E-state index is 8.47. The monoisotopic (exact) mass is 216 g/mol. The van der Waals surface area contributed by atoms with Crippen LogP contribution in [-0.4, -0.2) is 4.98 Å². The normalized spacial score (nSPS) is 12.5. The van der Waals surface area contributed by atoms with Gasteiger partial charge in [-0.25, -0.2) is 4.98 Å². The average molecular weight is 217 g/mol. The summed E-state index contributed by atoms with van der Waals surface area (Å²) in [6, 6.07) is 2.06. The molecule has 2 nitrogen and oxygen atoms in total. The lowest BCUT2D eigenvalue weighted by Gasteiger charge is -1.90. The molecule has 1 atom stereocenters. The van der Waals surface area contributed by atoms with Gasteiger partial charge in [0.1, 0.15) is 4.83 Å². The van der Waals surface area contributed by atoms with Crippen molar-refractivity contribution in [2.45, 2.75) is 11.8 Å². The Morgan fingerprint density at radius 3 is 3.00 bits per heavy atom. The number of aromatic nitrogens is 1. The summed E-state index contributed by atoms with van der Waals surface area (Å²) in [5, 5.41) is 11.3. The number of alkyl halides is 1. The van der Waals surface area contributed by atoms with Gasteiger partial charge in [0.2, 0.25) is 0 Å². The zero-order valence-corrected chi connectivity index (χ0v) is 7.74. The molecule has 0 N–H and O–H groups in total. The van der Waals surface area contributed by atoms with Gasteiger partial charge in [-0.15, -0.1) is 11.3 Å². The van der Waals surface area contributed by atoms with E-state index < -0.39 is 0 Å². The highest BCUT2D eigenvalue weighted by Gasteiger charge is 2.07. The van der Waals surface area contributed by atoms with E-state index in [4.69, 9.17) is 5.26 Å². The summed E-state index contributed by atoms with van der Waals surface area (Å²) in [6.07, 6.45) is 0. The smallest absolute Gasteiger partial charge is 0.144 e. The van der Waals surface area contributed by atoms with Crippen molar-refractivity contribution in [1.29, 1.82) is 5.26 Å². The molecule has 0 aliphatic rings. The molecule has 1 heterocycles. The summed E-state index contributed by atoms with van der Waals surface area (Å²) >= 11 is 4.74. The van der Waals surface area contributed by atoms with Gasteiger partial charge < -0.3 is 0 Å². The largest absolute Gasteiger partial charge is 0.244 e. The molecule has 0 spiro atoms. The van der Waals surface area contributed by atoms with Crippen LogP contribution in [0.1, 0.15) is 15.5 Å². The lowest BCUT2D eigenvalue weighted by Crippen LogP contribution is -1.84. The van der Waals surface area contributed by atoms with Crippen LogP contribution in [0.5, 0.6) is 0 Å². The van der Waals surface area contributed by atoms with Crippen molar-refractivity contribution in [1.82, 2.24) is 4.98 Å². The first kappa shape index (κ1) is 7.70. The van der Waals surface area contributed by atoms with Crippen molar-refractivity contribution in [3.05, 3.63) is 16.1 Å². The average Bonchev–Trinajstić information content (AvgIpc) is 2.34. The van der Waals surface area contributed by atoms with Crippen LogP contribution >= 0.6 is 27.3 Å². The van der Waals surface area contributed by atoms with Gasteiger partial charge in [0, 0.05) is 5.38 Å². The Kier molecular flexibility index (Phi) is 2.41. The Morgan fingerprint density at radius 2 is 2.60 bits per heavy atom. The SMILES string of the molecule is Cc1nc(C(Br)C#N)cs1. The second-order valence-electron chi connectivity index (χ2n) is 1.78. The highest BCUT2D eigenvalue weighted by molar-refractivity contribution is 9.09. The number of hydrogen-bond donors (Lipinski definition) is 0. The van der Waals surface area contributed by atoms with E-state index in [1.807, 2.05) is 12.3 Å². The Labute approximate surface area is 71.6 Å². The molecular formula is C6H5BrN2S. The molecular weight excluding hydrogens is 212 g/mol. The van der Waals surface area contributed by atoms with Crippen LogP contribution in [0.4, 0.5) is 0 Å². The molecule has 0 aliphatic heterocycles. The van der Waals surface area contributed by atoms with Gasteiger partial charge in [0.25, 0.3) is 0 Å². The third kappa shape index (κ3) is 1.55. The number of nitrogens with zero attached hydrogens (tertiary/aromatic N) is 2. The summed E-state index contributed by atoms with van der Waals surface area (Å²) in [4.78, 5) is 3.88. The minimum Gasteiger partial charge on any atom is -0.244 e. The van der Waals surface area contributed by atoms with Crippen LogP contribution in [0.3, 0.4) is 0 Å². The van der Waals surface area contributed by atoms with Gasteiger partial charge in [-0.1, -0.05) is 15.9 Å². The fourth-order valence-electron chi connectivity index (χ4n) is 0.563. The predicted octanol–water partition coefficient (Wildman–Crippen LogP) is 2.41. The van der Waals surface area contributed by atoms with Gasteiger partial charge in [-0.2, -0.15) is 5.26 Å². The fraction of sp³-hybridized carbons (Fsp3) is 0.333. The van der Waals surface area contributed by atoms with E-state index in [0.29, 0.717) is 0 Å². The number of halogens is 1. The van der Waals surface area contributed by atoms with Crippen molar-refractivity contribution in [3.63, 3.8) is 0 Å². The third-order valence-electron chi connectivity index (χ3n) is 1.01. The number of nitriles is 1. The van der Waals surface area contributed by atoms with Gasteiger partial charge >= 0.3 is 0 Å². The minimum absolute atomic E-state index is 0.252. The summed E-state index contributed by atoms with van der Waals surface area (Å²) in [6.45, 7) is 1.92. The number of hydrogen-bond acceptors (Lipinski definition) is 3. The zero-order valence-electron chi connectivity index (χ0n) is 5.34. The number of aryl methyl sites for hydroxylation is 1. The van der Waals surface area contributed by atoms with Crippen molar-refractivity contribution in [2.24, 2.45) is 0 Å². The summed E-state index contributed by atoms with van der Waals surface area (Å²) < 4.78 is 0. The highest BCUT2D eigenvalue weighted by Crippen LogP contribution is 2.22. The zero-order chi connectivity index (χ0) is 7.56. The van der Waals surface area contributed by atoms with Crippen LogP contribution in [-0.2, 0) is 0 Å². The maximum absolute atomic E-state index is 8.47. The molecule has 0 aromatic carbocycles. The molecule has 0 amide bonds. The molecule has 1 aromatic rings. The second kappa shape index (κ2) is 3.13. The molecule has 0 radical (unpaired) electrons. The highest BCUT2D eigenvalue weighted by atomic mass is 79.9. The maximum Gasteiger partial charge on any atom is 0.144 e. The summed E-state index contributed by atoms with van der Waals surface area (Å²) in [7, 11) is 0. The van der Waals surface area contributed by atoms with Crippen LogP contribution in [0.15, 0.2) is 5.38 Å². The van der Waals surface area contributed by atoms with E-state index in [1.165, 1.54) is 0 Å². The van der Waals surface area contributed by atoms with E-state index >= 15 is 0 Å². The molecule has 0 aliphatic carbocycles. The molecule has 4 heteroatoms. The first-order chi connectivity index (χ1) is 4.74. The van der Waals surface area contributed by atoms with E-state index in [0.717, 1.165) is 10.7 Å². The fourth-order valence-corrected chi connectivity index (χ4v) is 1.61. The molecule has 1 unspecified atom stereocenters. The Hall–Kier alpha value is -0.400. The Morgan fingerprint density at radius 1 is 1.90 bits per heavy atom. The van der Waals surface area contributed by atoms with Gasteiger partial charge in [0.05, 0.1) is 16.8 Å². The standard InChI is InChI=1S/C6H5BrN2S/c1-4-9-6(3-10-4)5(7)2-8/h3,5H,1H3. The molecule has 0 bridgehead atoms. The number of rotatable bonds is 1. The topological polar surface area (TPSA) is 36.7 Å². The first-order valence-electron chi connectivity index (χ1n) is 2.69. The van der Waals surface area contributed by atoms with Crippen LogP contribution in [0.2, 0.25) is 0 Å². The van der Waals surface area contributed by atoms with E-state index in [1.54, 1.807) is 11.3 Å². The van der Waals surface area contributed by atoms with Crippen molar-refractivity contribution in [2.75, 3.05) is 0 Å².